The van der Waals surface area contributed by atoms with Crippen molar-refractivity contribution >= 4 is 18.1 Å². The maximum absolute atomic E-state index is 13.5. The zero-order valence-corrected chi connectivity index (χ0v) is 22.6. The van der Waals surface area contributed by atoms with E-state index < -0.39 is 30.1 Å². The molecule has 214 valence electrons. The molecule has 3 aliphatic rings. The molecule has 0 bridgehead atoms. The first-order chi connectivity index (χ1) is 18.9. The molecule has 11 nitrogen and oxygen atoms in total. The van der Waals surface area contributed by atoms with Gasteiger partial charge in [-0.2, -0.15) is 0 Å². The summed E-state index contributed by atoms with van der Waals surface area (Å²) in [6.45, 7) is 5.58. The van der Waals surface area contributed by atoms with Gasteiger partial charge in [0.15, 0.2) is 11.5 Å². The number of fused-ring (bicyclic) bond motifs is 3. The van der Waals surface area contributed by atoms with E-state index in [2.05, 4.69) is 10.2 Å². The van der Waals surface area contributed by atoms with Gasteiger partial charge in [0, 0.05) is 55.8 Å². The molecule has 0 spiro atoms. The van der Waals surface area contributed by atoms with Gasteiger partial charge in [0.25, 0.3) is 0 Å². The van der Waals surface area contributed by atoms with Crippen molar-refractivity contribution in [2.75, 3.05) is 59.7 Å². The van der Waals surface area contributed by atoms with Crippen molar-refractivity contribution in [2.45, 2.75) is 50.4 Å². The number of ether oxygens (including phenoxy) is 3. The van der Waals surface area contributed by atoms with Crippen LogP contribution in [-0.4, -0.2) is 116 Å². The quantitative estimate of drug-likeness (QED) is 0.320. The first kappa shape index (κ1) is 29.0. The van der Waals surface area contributed by atoms with Crippen molar-refractivity contribution in [1.82, 2.24) is 15.1 Å². The molecule has 4 unspecified atom stereocenters. The van der Waals surface area contributed by atoms with Crippen LogP contribution in [0.3, 0.4) is 0 Å². The van der Waals surface area contributed by atoms with Gasteiger partial charge in [-0.25, -0.2) is 0 Å². The van der Waals surface area contributed by atoms with E-state index in [9.17, 15) is 24.6 Å². The number of benzene rings is 1. The summed E-state index contributed by atoms with van der Waals surface area (Å²) in [4.78, 5) is 42.4. The number of aldehydes is 1. The molecule has 2 heterocycles. The zero-order chi connectivity index (χ0) is 27.9. The Hall–Kier alpha value is -2.99. The van der Waals surface area contributed by atoms with Crippen molar-refractivity contribution in [3.63, 3.8) is 0 Å². The Morgan fingerprint density at radius 1 is 1.28 bits per heavy atom. The standard InChI is InChI=1S/C28H39N3O8/c1-3-4-5-23(34)31(8-7-30-9-12-38-13-10-30)21-16-20(28(36)29-6-11-32)24-19-14-18(17-33)15-22(37-2)26(19)39-27(24)25(21)35/h14-17,21,24-25,27,32,35H,3-13H2,1-2H3,(H,29,36). The number of amides is 2. The third kappa shape index (κ3) is 6.27. The Morgan fingerprint density at radius 2 is 2.05 bits per heavy atom. The van der Waals surface area contributed by atoms with Crippen LogP contribution < -0.4 is 14.8 Å². The van der Waals surface area contributed by atoms with Gasteiger partial charge in [-0.1, -0.05) is 13.3 Å². The summed E-state index contributed by atoms with van der Waals surface area (Å²) in [6.07, 6.45) is 2.20. The summed E-state index contributed by atoms with van der Waals surface area (Å²) in [7, 11) is 1.46. The Bertz CT molecular complexity index is 1070. The van der Waals surface area contributed by atoms with Crippen molar-refractivity contribution in [2.24, 2.45) is 0 Å². The third-order valence-electron chi connectivity index (χ3n) is 7.60. The zero-order valence-electron chi connectivity index (χ0n) is 22.6. The number of methoxy groups -OCH3 is 1. The van der Waals surface area contributed by atoms with Gasteiger partial charge < -0.3 is 34.6 Å². The highest BCUT2D eigenvalue weighted by Gasteiger charge is 2.51. The minimum Gasteiger partial charge on any atom is -0.493 e. The third-order valence-corrected chi connectivity index (χ3v) is 7.60. The maximum atomic E-state index is 13.5. The number of nitrogens with one attached hydrogen (secondary N) is 1. The van der Waals surface area contributed by atoms with Crippen LogP contribution in [0.2, 0.25) is 0 Å². The number of unbranched alkanes of at least 4 members (excludes halogenated alkanes) is 1. The lowest BCUT2D eigenvalue weighted by atomic mass is 9.77. The van der Waals surface area contributed by atoms with E-state index in [4.69, 9.17) is 14.2 Å². The number of nitrogens with zero attached hydrogens (tertiary/aromatic N) is 2. The fraction of sp³-hybridized carbons (Fsp3) is 0.607. The van der Waals surface area contributed by atoms with E-state index >= 15 is 0 Å². The van der Waals surface area contributed by atoms with Gasteiger partial charge in [0.2, 0.25) is 11.8 Å². The molecule has 1 aromatic rings. The topological polar surface area (TPSA) is 138 Å². The number of rotatable bonds is 12. The molecule has 4 rings (SSSR count). The number of aliphatic hydroxyl groups is 2. The van der Waals surface area contributed by atoms with Gasteiger partial charge in [0.1, 0.15) is 18.5 Å². The lowest BCUT2D eigenvalue weighted by Gasteiger charge is -2.41. The summed E-state index contributed by atoms with van der Waals surface area (Å²) in [5.41, 5.74) is 1.22. The number of aliphatic hydroxyl groups excluding tert-OH is 2. The predicted molar refractivity (Wildman–Crippen MR) is 142 cm³/mol. The molecule has 39 heavy (non-hydrogen) atoms. The van der Waals surface area contributed by atoms with Gasteiger partial charge in [0.05, 0.1) is 38.9 Å². The van der Waals surface area contributed by atoms with Crippen LogP contribution >= 0.6 is 0 Å². The minimum absolute atomic E-state index is 0.0440. The largest absolute Gasteiger partial charge is 0.493 e. The Kier molecular flexibility index (Phi) is 9.95. The lowest BCUT2D eigenvalue weighted by Crippen LogP contribution is -2.57. The highest BCUT2D eigenvalue weighted by atomic mass is 16.5. The number of carbonyl (C=O) groups excluding carboxylic acids is 3. The fourth-order valence-corrected chi connectivity index (χ4v) is 5.54. The molecule has 4 atom stereocenters. The Morgan fingerprint density at radius 3 is 2.72 bits per heavy atom. The summed E-state index contributed by atoms with van der Waals surface area (Å²) in [6, 6.07) is 2.38. The molecule has 0 radical (unpaired) electrons. The average Bonchev–Trinajstić information content (AvgIpc) is 3.35. The molecule has 11 heteroatoms. The van der Waals surface area contributed by atoms with Crippen LogP contribution in [0.15, 0.2) is 23.8 Å². The number of hydrogen-bond acceptors (Lipinski definition) is 9. The summed E-state index contributed by atoms with van der Waals surface area (Å²) < 4.78 is 17.1. The Balaban J connectivity index is 1.72. The number of carbonyl (C=O) groups is 3. The molecule has 1 fully saturated rings. The van der Waals surface area contributed by atoms with E-state index in [-0.39, 0.29) is 19.1 Å². The van der Waals surface area contributed by atoms with Crippen LogP contribution in [0.5, 0.6) is 11.5 Å². The lowest BCUT2D eigenvalue weighted by molar-refractivity contribution is -0.137. The monoisotopic (exact) mass is 545 g/mol. The maximum Gasteiger partial charge on any atom is 0.247 e. The minimum atomic E-state index is -1.14. The smallest absolute Gasteiger partial charge is 0.247 e. The van der Waals surface area contributed by atoms with Crippen molar-refractivity contribution < 1.29 is 38.8 Å². The fourth-order valence-electron chi connectivity index (χ4n) is 5.54. The van der Waals surface area contributed by atoms with Gasteiger partial charge in [-0.3, -0.25) is 19.3 Å². The summed E-state index contributed by atoms with van der Waals surface area (Å²) in [5.74, 6) is -0.542. The van der Waals surface area contributed by atoms with Gasteiger partial charge in [-0.15, -0.1) is 0 Å². The molecule has 3 N–H and O–H groups in total. The highest BCUT2D eigenvalue weighted by molar-refractivity contribution is 5.96. The summed E-state index contributed by atoms with van der Waals surface area (Å²) in [5, 5.41) is 23.7. The molecule has 2 aliphatic heterocycles. The van der Waals surface area contributed by atoms with E-state index in [0.29, 0.717) is 73.6 Å². The second kappa shape index (κ2) is 13.4. The van der Waals surface area contributed by atoms with E-state index in [0.717, 1.165) is 19.5 Å². The Labute approximate surface area is 228 Å². The second-order valence-electron chi connectivity index (χ2n) is 10.0. The van der Waals surface area contributed by atoms with Crippen molar-refractivity contribution in [1.29, 1.82) is 0 Å². The number of hydrogen-bond donors (Lipinski definition) is 3. The molecule has 0 saturated carbocycles. The molecule has 1 aromatic carbocycles. The van der Waals surface area contributed by atoms with Gasteiger partial charge >= 0.3 is 0 Å². The van der Waals surface area contributed by atoms with E-state index in [1.807, 2.05) is 6.92 Å². The second-order valence-corrected chi connectivity index (χ2v) is 10.0. The molecular formula is C28H39N3O8. The van der Waals surface area contributed by atoms with Crippen LogP contribution in [0, 0.1) is 0 Å². The van der Waals surface area contributed by atoms with Crippen LogP contribution in [0.4, 0.5) is 0 Å². The van der Waals surface area contributed by atoms with Crippen LogP contribution in [0.1, 0.15) is 48.0 Å². The van der Waals surface area contributed by atoms with Crippen molar-refractivity contribution in [3.8, 4) is 11.5 Å². The number of morpholine rings is 1. The van der Waals surface area contributed by atoms with E-state index in [1.165, 1.54) is 7.11 Å². The summed E-state index contributed by atoms with van der Waals surface area (Å²) >= 11 is 0. The van der Waals surface area contributed by atoms with Crippen LogP contribution in [0.25, 0.3) is 0 Å². The van der Waals surface area contributed by atoms with Crippen LogP contribution in [-0.2, 0) is 14.3 Å². The average molecular weight is 546 g/mol. The first-order valence-corrected chi connectivity index (χ1v) is 13.7. The molecule has 1 saturated heterocycles. The first-order valence-electron chi connectivity index (χ1n) is 13.7. The molecule has 1 aliphatic carbocycles. The highest BCUT2D eigenvalue weighted by Crippen LogP contribution is 2.51. The van der Waals surface area contributed by atoms with Gasteiger partial charge in [-0.05, 0) is 24.6 Å². The normalized spacial score (nSPS) is 24.2. The molecule has 0 aromatic heterocycles. The van der Waals surface area contributed by atoms with Crippen molar-refractivity contribution in [3.05, 3.63) is 34.9 Å². The molecule has 2 amide bonds. The molecular weight excluding hydrogens is 506 g/mol. The predicted octanol–water partition coefficient (Wildman–Crippen LogP) is 0.481. The SMILES string of the molecule is CCCCC(=O)N(CCN1CCOCC1)C1C=C(C(=O)NCCO)C2c3cc(C=O)cc(OC)c3OC2C1O. The van der Waals surface area contributed by atoms with E-state index in [1.54, 1.807) is 23.1 Å².